The summed E-state index contributed by atoms with van der Waals surface area (Å²) in [6.45, 7) is 13.5. The highest BCUT2D eigenvalue weighted by atomic mass is 16.3. The Morgan fingerprint density at radius 2 is 0.461 bits per heavy atom. The minimum atomic E-state index is -0.116. The lowest BCUT2D eigenvalue weighted by Crippen LogP contribution is -2.56. The molecule has 0 amide bonds. The molecule has 29 rings (SSSR count). The van der Waals surface area contributed by atoms with Crippen LogP contribution in [0.4, 0.5) is 0 Å². The molecule has 0 saturated heterocycles. The van der Waals surface area contributed by atoms with Crippen molar-refractivity contribution in [1.29, 1.82) is 0 Å². The number of aryl methyl sites for hydroxylation is 6. The third-order valence-electron chi connectivity index (χ3n) is 29.9. The Labute approximate surface area is 809 Å². The number of pyridine rings is 4. The van der Waals surface area contributed by atoms with Crippen LogP contribution in [0.15, 0.2) is 415 Å². The number of aromatic nitrogens is 10. The fourth-order valence-electron chi connectivity index (χ4n) is 24.1. The highest BCUT2D eigenvalue weighted by Crippen LogP contribution is 2.47. The van der Waals surface area contributed by atoms with Crippen molar-refractivity contribution in [3.05, 3.63) is 440 Å². The van der Waals surface area contributed by atoms with E-state index in [0.29, 0.717) is 0 Å². The first-order chi connectivity index (χ1) is 69.3. The van der Waals surface area contributed by atoms with Crippen LogP contribution in [0.5, 0.6) is 0 Å². The molecular weight excluding hydrogens is 1720 g/mol. The van der Waals surface area contributed by atoms with Gasteiger partial charge in [-0.15, -0.1) is 0 Å². The molecule has 0 saturated carbocycles. The molecule has 17 aromatic carbocycles. The van der Waals surface area contributed by atoms with E-state index in [2.05, 4.69) is 475 Å². The fraction of sp³-hybridized carbons (Fsp3) is 0.0469. The van der Waals surface area contributed by atoms with Crippen molar-refractivity contribution in [3.8, 4) is 79.7 Å². The number of nitrogens with zero attached hydrogens (tertiary/aromatic N) is 10. The molecule has 0 atom stereocenters. The average molecular weight is 1810 g/mol. The Hall–Kier alpha value is -18.2. The van der Waals surface area contributed by atoms with Gasteiger partial charge in [-0.1, -0.05) is 268 Å². The summed E-state index contributed by atoms with van der Waals surface area (Å²) >= 11 is 0. The molecule has 12 nitrogen and oxygen atoms in total. The Balaban J connectivity index is 0.545. The Bertz CT molecular complexity index is 9740. The highest BCUT2D eigenvalue weighted by molar-refractivity contribution is 6.96. The molecule has 12 heterocycles. The zero-order chi connectivity index (χ0) is 93.4. The van der Waals surface area contributed by atoms with Crippen LogP contribution in [0.2, 0.25) is 0 Å². The van der Waals surface area contributed by atoms with Crippen LogP contribution in [-0.2, 0) is 0 Å². The molecule has 0 bridgehead atoms. The second-order valence-corrected chi connectivity index (χ2v) is 38.3. The molecule has 0 N–H and O–H groups in total. The third kappa shape index (κ3) is 12.2. The number of rotatable bonds is 13. The molecule has 0 radical (unpaired) electrons. The molecule has 0 aliphatic rings. The van der Waals surface area contributed by atoms with Gasteiger partial charge in [0.2, 0.25) is 6.71 Å². The van der Waals surface area contributed by atoms with Crippen molar-refractivity contribution in [3.63, 3.8) is 0 Å². The molecule has 662 valence electrons. The van der Waals surface area contributed by atoms with Gasteiger partial charge in [-0.2, -0.15) is 0 Å². The SMILES string of the molecule is Cc1cc(C)c(B(c2cc(-c3ccc4c(c3)oc3ccc(-n5c6ccccc6c6cc7c8ccccc8n(-c8cccc(-c9cccc(-n%10c%11ccccc%11c%11ccccc%11%10)n9)n8)c7cc65)cc34)cc(-c3ccc4c(c3)oc3ccc(-n5c6ccccc6c6cc7c8ccccc8n(-c8cccc(-c9cccc(-n%10c%11ccccc%11c%11ccccc%11%10)n9)n8)c7cc65)cc34)c2)c2c(C)cc(C)cc2C)c(C)c1. The minimum absolute atomic E-state index is 0.116. The minimum Gasteiger partial charge on any atom is -0.456 e. The Morgan fingerprint density at radius 3 is 0.773 bits per heavy atom. The maximum atomic E-state index is 7.14. The molecule has 29 aromatic rings. The van der Waals surface area contributed by atoms with E-state index in [1.165, 1.54) is 82.1 Å². The van der Waals surface area contributed by atoms with Gasteiger partial charge >= 0.3 is 0 Å². The maximum Gasteiger partial charge on any atom is 0.242 e. The van der Waals surface area contributed by atoms with E-state index in [0.717, 1.165) is 222 Å². The van der Waals surface area contributed by atoms with Crippen LogP contribution < -0.4 is 16.4 Å². The molecule has 0 fully saturated rings. The first-order valence-electron chi connectivity index (χ1n) is 48.4. The van der Waals surface area contributed by atoms with E-state index >= 15 is 0 Å². The van der Waals surface area contributed by atoms with Crippen molar-refractivity contribution >= 4 is 198 Å². The van der Waals surface area contributed by atoms with E-state index in [-0.39, 0.29) is 6.71 Å². The van der Waals surface area contributed by atoms with Crippen molar-refractivity contribution in [2.24, 2.45) is 0 Å². The smallest absolute Gasteiger partial charge is 0.242 e. The summed E-state index contributed by atoms with van der Waals surface area (Å²) in [6.07, 6.45) is 0. The quantitative estimate of drug-likeness (QED) is 0.106. The zero-order valence-electron chi connectivity index (χ0n) is 78.0. The van der Waals surface area contributed by atoms with Gasteiger partial charge < -0.3 is 18.0 Å². The third-order valence-corrected chi connectivity index (χ3v) is 29.9. The highest BCUT2D eigenvalue weighted by Gasteiger charge is 2.32. The summed E-state index contributed by atoms with van der Waals surface area (Å²) < 4.78 is 28.3. The first kappa shape index (κ1) is 80.1. The summed E-state index contributed by atoms with van der Waals surface area (Å²) in [7, 11) is 0. The Kier molecular flexibility index (Phi) is 17.4. The summed E-state index contributed by atoms with van der Waals surface area (Å²) in [5.41, 5.74) is 37.1. The van der Waals surface area contributed by atoms with E-state index in [9.17, 15) is 0 Å². The van der Waals surface area contributed by atoms with Crippen molar-refractivity contribution in [2.75, 3.05) is 0 Å². The summed E-state index contributed by atoms with van der Waals surface area (Å²) in [5, 5.41) is 18.2. The lowest BCUT2D eigenvalue weighted by Gasteiger charge is -2.25. The topological polar surface area (TPSA) is 107 Å². The van der Waals surface area contributed by atoms with E-state index in [4.69, 9.17) is 28.8 Å². The average Bonchev–Trinajstić information content (AvgIpc) is 1.55. The van der Waals surface area contributed by atoms with E-state index < -0.39 is 0 Å². The zero-order valence-corrected chi connectivity index (χ0v) is 78.0. The van der Waals surface area contributed by atoms with Crippen LogP contribution in [0, 0.1) is 41.5 Å². The van der Waals surface area contributed by atoms with Gasteiger partial charge in [-0.05, 0) is 252 Å². The monoisotopic (exact) mass is 1800 g/mol. The maximum absolute atomic E-state index is 7.14. The number of benzene rings is 17. The second kappa shape index (κ2) is 30.7. The molecular formula is C128H85BN10O2. The van der Waals surface area contributed by atoms with Gasteiger partial charge in [-0.3, -0.25) is 18.3 Å². The van der Waals surface area contributed by atoms with Crippen LogP contribution in [0.25, 0.3) is 254 Å². The van der Waals surface area contributed by atoms with Gasteiger partial charge in [-0.25, -0.2) is 19.9 Å². The van der Waals surface area contributed by atoms with Crippen LogP contribution in [0.3, 0.4) is 0 Å². The van der Waals surface area contributed by atoms with Gasteiger partial charge in [0.15, 0.2) is 0 Å². The molecule has 0 aliphatic carbocycles. The molecule has 12 aromatic heterocycles. The van der Waals surface area contributed by atoms with Crippen molar-refractivity contribution in [1.82, 2.24) is 47.3 Å². The number of fused-ring (bicyclic) bond motifs is 24. The molecule has 0 unspecified atom stereocenters. The van der Waals surface area contributed by atoms with Crippen LogP contribution >= 0.6 is 0 Å². The van der Waals surface area contributed by atoms with Crippen molar-refractivity contribution in [2.45, 2.75) is 41.5 Å². The first-order valence-corrected chi connectivity index (χ1v) is 48.4. The normalized spacial score (nSPS) is 12.2. The van der Waals surface area contributed by atoms with E-state index in [1.807, 2.05) is 0 Å². The largest absolute Gasteiger partial charge is 0.456 e. The van der Waals surface area contributed by atoms with Crippen LogP contribution in [-0.4, -0.2) is 54.1 Å². The van der Waals surface area contributed by atoms with Gasteiger partial charge in [0.05, 0.1) is 89.0 Å². The van der Waals surface area contributed by atoms with Gasteiger partial charge in [0.1, 0.15) is 45.6 Å². The number of hydrogen-bond acceptors (Lipinski definition) is 6. The van der Waals surface area contributed by atoms with Crippen LogP contribution in [0.1, 0.15) is 33.4 Å². The summed E-state index contributed by atoms with van der Waals surface area (Å²) in [4.78, 5) is 21.8. The van der Waals surface area contributed by atoms with E-state index in [1.54, 1.807) is 0 Å². The standard InChI is InChI=1S/C128H85BN10O2/c1-74-59-76(3)127(77(4)60-74)129(128-78(5)61-75(2)62-79(128)6)84-64-82(80-51-55-95-101-68-85(53-57-119(101)140-121(95)66-80)134-107-39-15-11-31-91(107)97-70-99-93-33-13-21-45-113(93)138(117(99)72-115(97)134)125-49-25-37-105(132-125)103-35-23-47-123(130-103)136-109-41-17-7-27-87(109)88-28-8-18-42-110(88)136)63-83(65-84)81-52-56-96-102-69-86(54-58-120(102)141-122(96)67-81)135-108-40-16-12-32-92(108)98-71-100-94-34-14-22-46-114(94)139(118(100)73-116(98)135)126-50-26-38-106(133-126)104-36-24-48-124(131-104)137-111-43-19-9-29-89(111)90-30-10-20-44-112(90)137/h7-73H,1-6H3. The van der Waals surface area contributed by atoms with Gasteiger partial charge in [0, 0.05) is 97.6 Å². The number of hydrogen-bond donors (Lipinski definition) is 0. The Morgan fingerprint density at radius 1 is 0.184 bits per heavy atom. The fourth-order valence-corrected chi connectivity index (χ4v) is 24.1. The molecule has 0 spiro atoms. The lowest BCUT2D eigenvalue weighted by molar-refractivity contribution is 0.668. The predicted molar refractivity (Wildman–Crippen MR) is 586 cm³/mol. The second-order valence-electron chi connectivity index (χ2n) is 38.3. The van der Waals surface area contributed by atoms with Crippen molar-refractivity contribution < 1.29 is 8.83 Å². The summed E-state index contributed by atoms with van der Waals surface area (Å²) in [5.74, 6) is 3.28. The van der Waals surface area contributed by atoms with Gasteiger partial charge in [0.25, 0.3) is 0 Å². The number of furan rings is 2. The molecule has 141 heavy (non-hydrogen) atoms. The molecule has 13 heteroatoms. The predicted octanol–water partition coefficient (Wildman–Crippen LogP) is 30.7. The molecule has 0 aliphatic heterocycles. The lowest BCUT2D eigenvalue weighted by atomic mass is 9.34. The number of para-hydroxylation sites is 8. The summed E-state index contributed by atoms with van der Waals surface area (Å²) in [6, 6.07) is 148.